The molecule has 0 atom stereocenters. The molecule has 0 bridgehead atoms. The van der Waals surface area contributed by atoms with Crippen LogP contribution < -0.4 is 10.0 Å². The van der Waals surface area contributed by atoms with E-state index in [1.807, 2.05) is 0 Å². The number of tetrazole rings is 1. The van der Waals surface area contributed by atoms with Crippen molar-refractivity contribution in [1.82, 2.24) is 30.7 Å². The van der Waals surface area contributed by atoms with E-state index in [0.717, 1.165) is 57.2 Å². The summed E-state index contributed by atoms with van der Waals surface area (Å²) in [6, 6.07) is 0. The lowest BCUT2D eigenvalue weighted by Crippen LogP contribution is -2.33. The van der Waals surface area contributed by atoms with Gasteiger partial charge in [0.25, 0.3) is 0 Å². The van der Waals surface area contributed by atoms with Crippen molar-refractivity contribution in [3.05, 3.63) is 5.82 Å². The summed E-state index contributed by atoms with van der Waals surface area (Å²) in [6.45, 7) is 2.09. The SMILES string of the molecule is CC(=O)CCCCCNC(=O)CCCS(=O)(=O)NC(=O)CCCCCCCCCCCCCCCc1nn[nH]n1. The van der Waals surface area contributed by atoms with Gasteiger partial charge in [-0.3, -0.25) is 14.3 Å². The highest BCUT2D eigenvalue weighted by Gasteiger charge is 2.15. The molecular formula is C28H52N6O5S. The quantitative estimate of drug-likeness (QED) is 0.125. The minimum atomic E-state index is -3.72. The van der Waals surface area contributed by atoms with Crippen LogP contribution in [0.15, 0.2) is 0 Å². The van der Waals surface area contributed by atoms with E-state index in [1.165, 1.54) is 51.4 Å². The van der Waals surface area contributed by atoms with Gasteiger partial charge in [-0.15, -0.1) is 10.2 Å². The third kappa shape index (κ3) is 22.4. The summed E-state index contributed by atoms with van der Waals surface area (Å²) in [5.74, 6) is 0.0589. The van der Waals surface area contributed by atoms with Gasteiger partial charge in [0.2, 0.25) is 21.8 Å². The molecule has 0 aromatic carbocycles. The van der Waals surface area contributed by atoms with Crippen LogP contribution in [0.1, 0.15) is 141 Å². The largest absolute Gasteiger partial charge is 0.356 e. The minimum Gasteiger partial charge on any atom is -0.356 e. The number of nitrogens with zero attached hydrogens (tertiary/aromatic N) is 3. The third-order valence-electron chi connectivity index (χ3n) is 6.81. The summed E-state index contributed by atoms with van der Waals surface area (Å²) in [6.07, 6.45) is 19.4. The number of carbonyl (C=O) groups excluding carboxylic acids is 3. The Bertz CT molecular complexity index is 908. The number of unbranched alkanes of at least 4 members (excludes halogenated alkanes) is 14. The number of aryl methyl sites for hydroxylation is 1. The number of hydrogen-bond donors (Lipinski definition) is 3. The van der Waals surface area contributed by atoms with Crippen molar-refractivity contribution >= 4 is 27.6 Å². The van der Waals surface area contributed by atoms with Gasteiger partial charge < -0.3 is 10.1 Å². The Morgan fingerprint density at radius 3 is 1.77 bits per heavy atom. The van der Waals surface area contributed by atoms with Gasteiger partial charge in [-0.05, 0) is 39.0 Å². The predicted molar refractivity (Wildman–Crippen MR) is 156 cm³/mol. The minimum absolute atomic E-state index is 0.103. The maximum absolute atomic E-state index is 12.1. The molecule has 1 rings (SSSR count). The number of H-pyrrole nitrogens is 1. The van der Waals surface area contributed by atoms with Gasteiger partial charge in [0.05, 0.1) is 5.75 Å². The molecule has 2 amide bonds. The Morgan fingerprint density at radius 2 is 1.20 bits per heavy atom. The number of rotatable bonds is 27. The lowest BCUT2D eigenvalue weighted by Gasteiger charge is -2.08. The molecule has 0 aliphatic heterocycles. The molecular weight excluding hydrogens is 532 g/mol. The van der Waals surface area contributed by atoms with Crippen molar-refractivity contribution in [2.45, 2.75) is 142 Å². The molecule has 40 heavy (non-hydrogen) atoms. The number of sulfonamides is 1. The molecule has 0 unspecified atom stereocenters. The molecule has 0 aliphatic rings. The molecule has 0 fully saturated rings. The molecule has 0 radical (unpaired) electrons. The number of carbonyl (C=O) groups is 3. The molecule has 3 N–H and O–H groups in total. The Kier molecular flexibility index (Phi) is 20.8. The second-order valence-corrected chi connectivity index (χ2v) is 12.6. The van der Waals surface area contributed by atoms with Gasteiger partial charge in [-0.1, -0.05) is 82.3 Å². The van der Waals surface area contributed by atoms with Gasteiger partial charge in [-0.2, -0.15) is 5.21 Å². The molecule has 1 aromatic rings. The van der Waals surface area contributed by atoms with Gasteiger partial charge in [0, 0.05) is 32.2 Å². The second kappa shape index (κ2) is 23.3. The van der Waals surface area contributed by atoms with E-state index in [9.17, 15) is 22.8 Å². The topological polar surface area (TPSA) is 164 Å². The van der Waals surface area contributed by atoms with E-state index in [1.54, 1.807) is 6.92 Å². The van der Waals surface area contributed by atoms with Crippen LogP contribution in [0, 0.1) is 0 Å². The van der Waals surface area contributed by atoms with Crippen LogP contribution in [0.25, 0.3) is 0 Å². The highest BCUT2D eigenvalue weighted by molar-refractivity contribution is 7.90. The van der Waals surface area contributed by atoms with E-state index in [4.69, 9.17) is 0 Å². The number of aromatic nitrogens is 4. The van der Waals surface area contributed by atoms with Crippen LogP contribution in [-0.4, -0.2) is 58.9 Å². The standard InChI is InChI=1S/C28H52N6O5S/c1-25(35)19-14-13-17-23-29-27(36)22-18-24-40(38,39)32-28(37)21-16-12-10-8-6-4-2-3-5-7-9-11-15-20-26-30-33-34-31-26/h2-24H2,1H3,(H,29,36)(H,32,37)(H,30,31,33,34). The normalized spacial score (nSPS) is 11.4. The summed E-state index contributed by atoms with van der Waals surface area (Å²) < 4.78 is 26.3. The molecule has 0 saturated heterocycles. The van der Waals surface area contributed by atoms with Gasteiger partial charge in [0.15, 0.2) is 5.82 Å². The second-order valence-electron chi connectivity index (χ2n) is 10.7. The van der Waals surface area contributed by atoms with E-state index in [0.29, 0.717) is 19.4 Å². The zero-order chi connectivity index (χ0) is 29.3. The molecule has 1 heterocycles. The maximum Gasteiger partial charge on any atom is 0.234 e. The first-order chi connectivity index (χ1) is 19.3. The first-order valence-electron chi connectivity index (χ1n) is 15.3. The van der Waals surface area contributed by atoms with Gasteiger partial charge in [-0.25, -0.2) is 8.42 Å². The van der Waals surface area contributed by atoms with Crippen LogP contribution in [-0.2, 0) is 30.8 Å². The predicted octanol–water partition coefficient (Wildman–Crippen LogP) is 4.70. The van der Waals surface area contributed by atoms with Crippen molar-refractivity contribution in [2.24, 2.45) is 0 Å². The lowest BCUT2D eigenvalue weighted by molar-refractivity contribution is -0.121. The number of Topliss-reactive ketones (excluding diaryl/α,β-unsaturated/α-hetero) is 1. The smallest absolute Gasteiger partial charge is 0.234 e. The zero-order valence-electron chi connectivity index (χ0n) is 24.6. The molecule has 0 saturated carbocycles. The van der Waals surface area contributed by atoms with E-state index >= 15 is 0 Å². The number of hydrogen-bond acceptors (Lipinski definition) is 8. The first-order valence-corrected chi connectivity index (χ1v) is 17.0. The number of aromatic amines is 1. The summed E-state index contributed by atoms with van der Waals surface area (Å²) >= 11 is 0. The zero-order valence-corrected chi connectivity index (χ0v) is 25.4. The monoisotopic (exact) mass is 584 g/mol. The van der Waals surface area contributed by atoms with Gasteiger partial charge in [0.1, 0.15) is 5.78 Å². The molecule has 11 nitrogen and oxygen atoms in total. The van der Waals surface area contributed by atoms with E-state index in [2.05, 4.69) is 30.7 Å². The Hall–Kier alpha value is -2.37. The summed E-state index contributed by atoms with van der Waals surface area (Å²) in [5, 5.41) is 16.7. The Labute approximate surface area is 240 Å². The lowest BCUT2D eigenvalue weighted by atomic mass is 10.0. The molecule has 1 aromatic heterocycles. The van der Waals surface area contributed by atoms with Crippen LogP contribution in [0.5, 0.6) is 0 Å². The molecule has 0 aliphatic carbocycles. The fourth-order valence-corrected chi connectivity index (χ4v) is 5.57. The van der Waals surface area contributed by atoms with E-state index < -0.39 is 15.9 Å². The highest BCUT2D eigenvalue weighted by Crippen LogP contribution is 2.13. The highest BCUT2D eigenvalue weighted by atomic mass is 32.2. The summed E-state index contributed by atoms with van der Waals surface area (Å²) in [7, 11) is -3.72. The van der Waals surface area contributed by atoms with Crippen LogP contribution in [0.4, 0.5) is 0 Å². The van der Waals surface area contributed by atoms with Crippen molar-refractivity contribution in [2.75, 3.05) is 12.3 Å². The third-order valence-corrected chi connectivity index (χ3v) is 8.17. The summed E-state index contributed by atoms with van der Waals surface area (Å²) in [4.78, 5) is 34.7. The van der Waals surface area contributed by atoms with Crippen molar-refractivity contribution in [3.8, 4) is 0 Å². The van der Waals surface area contributed by atoms with Crippen molar-refractivity contribution < 1.29 is 22.8 Å². The fraction of sp³-hybridized carbons (Fsp3) is 0.857. The van der Waals surface area contributed by atoms with Crippen molar-refractivity contribution in [1.29, 1.82) is 0 Å². The average Bonchev–Trinajstić information content (AvgIpc) is 3.41. The first kappa shape index (κ1) is 35.7. The van der Waals surface area contributed by atoms with Crippen molar-refractivity contribution in [3.63, 3.8) is 0 Å². The Balaban J connectivity index is 1.87. The maximum atomic E-state index is 12.1. The molecule has 12 heteroatoms. The number of ketones is 1. The van der Waals surface area contributed by atoms with Crippen LogP contribution >= 0.6 is 0 Å². The van der Waals surface area contributed by atoms with E-state index in [-0.39, 0.29) is 36.7 Å². The number of amides is 2. The average molecular weight is 585 g/mol. The molecule has 0 spiro atoms. The van der Waals surface area contributed by atoms with Crippen LogP contribution in [0.2, 0.25) is 0 Å². The van der Waals surface area contributed by atoms with Gasteiger partial charge >= 0.3 is 0 Å². The summed E-state index contributed by atoms with van der Waals surface area (Å²) in [5.41, 5.74) is 0. The van der Waals surface area contributed by atoms with Crippen LogP contribution in [0.3, 0.4) is 0 Å². The Morgan fingerprint density at radius 1 is 0.675 bits per heavy atom. The fourth-order valence-electron chi connectivity index (χ4n) is 4.49. The number of nitrogens with one attached hydrogen (secondary N) is 3. The molecule has 230 valence electrons.